The third kappa shape index (κ3) is 1.78. The van der Waals surface area contributed by atoms with Gasteiger partial charge >= 0.3 is 0 Å². The topological polar surface area (TPSA) is 24.9 Å². The van der Waals surface area contributed by atoms with Gasteiger partial charge in [-0.25, -0.2) is 4.98 Å². The first-order valence-electron chi connectivity index (χ1n) is 4.11. The number of anilines is 1. The zero-order valence-electron chi connectivity index (χ0n) is 7.80. The maximum absolute atomic E-state index is 5.88. The van der Waals surface area contributed by atoms with Crippen molar-refractivity contribution in [2.24, 2.45) is 0 Å². The minimum Gasteiger partial charge on any atom is -0.365 e. The molecule has 74 valence electrons. The first-order chi connectivity index (χ1) is 6.70. The van der Waals surface area contributed by atoms with Crippen LogP contribution in [0.15, 0.2) is 12.1 Å². The molecule has 2 aromatic rings. The Balaban J connectivity index is 2.45. The Morgan fingerprint density at radius 1 is 1.36 bits per heavy atom. The van der Waals surface area contributed by atoms with Gasteiger partial charge in [0.2, 0.25) is 0 Å². The molecular formula is C9H9ClN2S2. The first-order valence-corrected chi connectivity index (χ1v) is 6.12. The van der Waals surface area contributed by atoms with Crippen LogP contribution in [-0.2, 0) is 0 Å². The van der Waals surface area contributed by atoms with Crippen LogP contribution in [0.5, 0.6) is 0 Å². The zero-order chi connectivity index (χ0) is 10.1. The van der Waals surface area contributed by atoms with Crippen molar-refractivity contribution in [1.82, 2.24) is 4.98 Å². The fourth-order valence-corrected chi connectivity index (χ4v) is 3.11. The number of nitrogens with one attached hydrogen (secondary N) is 1. The highest BCUT2D eigenvalue weighted by Gasteiger charge is 2.10. The predicted octanol–water partition coefficient (Wildman–Crippen LogP) is 3.88. The maximum atomic E-state index is 5.88. The fourth-order valence-electron chi connectivity index (χ4n) is 1.17. The van der Waals surface area contributed by atoms with E-state index in [-0.39, 0.29) is 0 Å². The fraction of sp³-hybridized carbons (Fsp3) is 0.222. The van der Waals surface area contributed by atoms with Gasteiger partial charge in [0.1, 0.15) is 0 Å². The van der Waals surface area contributed by atoms with Gasteiger partial charge in [0.05, 0.1) is 14.9 Å². The van der Waals surface area contributed by atoms with E-state index in [0.29, 0.717) is 0 Å². The van der Waals surface area contributed by atoms with Gasteiger partial charge in [-0.3, -0.25) is 0 Å². The number of halogens is 1. The van der Waals surface area contributed by atoms with Gasteiger partial charge in [-0.05, 0) is 19.1 Å². The molecule has 2 rings (SSSR count). The zero-order valence-corrected chi connectivity index (χ0v) is 10.2. The van der Waals surface area contributed by atoms with E-state index < -0.39 is 0 Å². The molecule has 2 nitrogen and oxygen atoms in total. The maximum Gasteiger partial charge on any atom is 0.183 e. The smallest absolute Gasteiger partial charge is 0.183 e. The van der Waals surface area contributed by atoms with Crippen LogP contribution in [-0.4, -0.2) is 12.0 Å². The van der Waals surface area contributed by atoms with Crippen LogP contribution in [0.1, 0.15) is 4.88 Å². The van der Waals surface area contributed by atoms with Gasteiger partial charge in [0.25, 0.3) is 0 Å². The molecule has 0 aliphatic heterocycles. The molecule has 5 heteroatoms. The lowest BCUT2D eigenvalue weighted by atomic mass is 10.3. The van der Waals surface area contributed by atoms with Crippen LogP contribution in [0.25, 0.3) is 10.6 Å². The molecule has 2 aromatic heterocycles. The Bertz CT molecular complexity index is 447. The van der Waals surface area contributed by atoms with Crippen molar-refractivity contribution < 1.29 is 0 Å². The predicted molar refractivity (Wildman–Crippen MR) is 64.7 cm³/mol. The van der Waals surface area contributed by atoms with E-state index in [4.69, 9.17) is 11.6 Å². The Labute approximate surface area is 95.6 Å². The van der Waals surface area contributed by atoms with Gasteiger partial charge in [-0.1, -0.05) is 11.6 Å². The van der Waals surface area contributed by atoms with Crippen molar-refractivity contribution in [3.05, 3.63) is 21.3 Å². The highest BCUT2D eigenvalue weighted by molar-refractivity contribution is 7.20. The molecule has 0 amide bonds. The van der Waals surface area contributed by atoms with E-state index in [0.717, 1.165) is 20.0 Å². The molecule has 1 N–H and O–H groups in total. The van der Waals surface area contributed by atoms with Crippen molar-refractivity contribution in [1.29, 1.82) is 0 Å². The lowest BCUT2D eigenvalue weighted by Crippen LogP contribution is -1.85. The average Bonchev–Trinajstić information content (AvgIpc) is 2.71. The summed E-state index contributed by atoms with van der Waals surface area (Å²) in [7, 11) is 1.88. The Kier molecular flexibility index (Phi) is 2.76. The Morgan fingerprint density at radius 3 is 2.64 bits per heavy atom. The van der Waals surface area contributed by atoms with Crippen LogP contribution in [0, 0.1) is 6.92 Å². The molecule has 0 fully saturated rings. The van der Waals surface area contributed by atoms with Gasteiger partial charge in [0, 0.05) is 11.9 Å². The van der Waals surface area contributed by atoms with E-state index in [1.165, 1.54) is 4.88 Å². The van der Waals surface area contributed by atoms with E-state index in [2.05, 4.69) is 17.2 Å². The van der Waals surface area contributed by atoms with E-state index in [9.17, 15) is 0 Å². The Hall–Kier alpha value is -0.580. The van der Waals surface area contributed by atoms with Crippen molar-refractivity contribution in [2.75, 3.05) is 12.4 Å². The molecule has 2 heterocycles. The average molecular weight is 245 g/mol. The minimum atomic E-state index is 0.804. The van der Waals surface area contributed by atoms with E-state index >= 15 is 0 Å². The summed E-state index contributed by atoms with van der Waals surface area (Å²) >= 11 is 9.10. The first kappa shape index (κ1) is 9.96. The quantitative estimate of drug-likeness (QED) is 0.868. The van der Waals surface area contributed by atoms with Crippen LogP contribution in [0.3, 0.4) is 0 Å². The number of aromatic nitrogens is 1. The third-order valence-corrected chi connectivity index (χ3v) is 4.04. The second-order valence-electron chi connectivity index (χ2n) is 2.78. The molecule has 14 heavy (non-hydrogen) atoms. The normalized spacial score (nSPS) is 10.5. The summed E-state index contributed by atoms with van der Waals surface area (Å²) in [5.74, 6) is 0. The molecule has 0 radical (unpaired) electrons. The standard InChI is InChI=1S/C9H9ClN2S2/c1-5-8(12-9(11-2)13-5)6-3-4-7(10)14-6/h3-4H,1-2H3,(H,11,12). The molecule has 0 aromatic carbocycles. The number of hydrogen-bond acceptors (Lipinski definition) is 4. The number of aryl methyl sites for hydroxylation is 1. The summed E-state index contributed by atoms with van der Waals surface area (Å²) in [6.07, 6.45) is 0. The van der Waals surface area contributed by atoms with Gasteiger partial charge in [0.15, 0.2) is 5.13 Å². The van der Waals surface area contributed by atoms with Gasteiger partial charge in [-0.2, -0.15) is 0 Å². The summed E-state index contributed by atoms with van der Waals surface area (Å²) in [6, 6.07) is 3.91. The summed E-state index contributed by atoms with van der Waals surface area (Å²) in [5.41, 5.74) is 1.04. The van der Waals surface area contributed by atoms with E-state index in [1.807, 2.05) is 19.2 Å². The molecule has 0 saturated heterocycles. The molecule has 0 atom stereocenters. The summed E-state index contributed by atoms with van der Waals surface area (Å²) in [5, 5.41) is 3.99. The highest BCUT2D eigenvalue weighted by Crippen LogP contribution is 2.35. The number of nitrogens with zero attached hydrogens (tertiary/aromatic N) is 1. The lowest BCUT2D eigenvalue weighted by Gasteiger charge is -1.91. The lowest BCUT2D eigenvalue weighted by molar-refractivity contribution is 1.35. The van der Waals surface area contributed by atoms with Gasteiger partial charge < -0.3 is 5.32 Å². The van der Waals surface area contributed by atoms with Crippen LogP contribution in [0.2, 0.25) is 4.34 Å². The van der Waals surface area contributed by atoms with Gasteiger partial charge in [-0.15, -0.1) is 22.7 Å². The molecule has 0 aliphatic carbocycles. The summed E-state index contributed by atoms with van der Waals surface area (Å²) in [4.78, 5) is 6.82. The van der Waals surface area contributed by atoms with Crippen LogP contribution in [0.4, 0.5) is 5.13 Å². The SMILES string of the molecule is CNc1nc(-c2ccc(Cl)s2)c(C)s1. The van der Waals surface area contributed by atoms with E-state index in [1.54, 1.807) is 22.7 Å². The second-order valence-corrected chi connectivity index (χ2v) is 5.70. The number of thiophene rings is 1. The Morgan fingerprint density at radius 2 is 2.14 bits per heavy atom. The van der Waals surface area contributed by atoms with Crippen LogP contribution >= 0.6 is 34.3 Å². The molecule has 0 bridgehead atoms. The van der Waals surface area contributed by atoms with Crippen molar-refractivity contribution in [3.63, 3.8) is 0 Å². The van der Waals surface area contributed by atoms with Crippen LogP contribution < -0.4 is 5.32 Å². The van der Waals surface area contributed by atoms with Crippen molar-refractivity contribution >= 4 is 39.4 Å². The molecule has 0 spiro atoms. The monoisotopic (exact) mass is 244 g/mol. The highest BCUT2D eigenvalue weighted by atomic mass is 35.5. The minimum absolute atomic E-state index is 0.804. The third-order valence-electron chi connectivity index (χ3n) is 1.82. The van der Waals surface area contributed by atoms with Crippen molar-refractivity contribution in [2.45, 2.75) is 6.92 Å². The molecule has 0 saturated carbocycles. The van der Waals surface area contributed by atoms with Crippen molar-refractivity contribution in [3.8, 4) is 10.6 Å². The molecule has 0 aliphatic rings. The summed E-state index contributed by atoms with van der Waals surface area (Å²) < 4.78 is 0.804. The molecule has 0 unspecified atom stereocenters. The number of hydrogen-bond donors (Lipinski definition) is 1. The summed E-state index contributed by atoms with van der Waals surface area (Å²) in [6.45, 7) is 2.07. The second kappa shape index (κ2) is 3.88. The number of thiazole rings is 1. The molecular weight excluding hydrogens is 236 g/mol. The number of rotatable bonds is 2. The largest absolute Gasteiger partial charge is 0.365 e.